The summed E-state index contributed by atoms with van der Waals surface area (Å²) in [4.78, 5) is 97.0. The number of carbonyl (C=O) groups excluding carboxylic acids is 6. The zero-order valence-corrected chi connectivity index (χ0v) is 45.8. The summed E-state index contributed by atoms with van der Waals surface area (Å²) in [6, 6.07) is 16.7. The van der Waals surface area contributed by atoms with E-state index in [0.29, 0.717) is 51.0 Å². The van der Waals surface area contributed by atoms with Crippen molar-refractivity contribution in [1.29, 1.82) is 5.26 Å². The first-order chi connectivity index (χ1) is 35.9. The Balaban J connectivity index is 1.54. The maximum Gasteiger partial charge on any atom is 0.255 e. The maximum atomic E-state index is 15.1. The van der Waals surface area contributed by atoms with Crippen LogP contribution in [0.2, 0.25) is 0 Å². The minimum Gasteiger partial charge on any atom is -0.492 e. The van der Waals surface area contributed by atoms with Crippen molar-refractivity contribution in [2.24, 2.45) is 29.0 Å². The van der Waals surface area contributed by atoms with Crippen molar-refractivity contribution >= 4 is 35.1 Å². The van der Waals surface area contributed by atoms with Crippen molar-refractivity contribution < 1.29 is 43.0 Å². The molecule has 2 heterocycles. The van der Waals surface area contributed by atoms with Gasteiger partial charge in [-0.15, -0.1) is 0 Å². The third-order valence-electron chi connectivity index (χ3n) is 13.2. The molecule has 4 aromatic rings. The molecule has 5 atom stereocenters. The lowest BCUT2D eigenvalue weighted by Crippen LogP contribution is -2.48. The van der Waals surface area contributed by atoms with Crippen LogP contribution >= 0.6 is 0 Å². The van der Waals surface area contributed by atoms with Crippen molar-refractivity contribution in [3.8, 4) is 40.1 Å². The van der Waals surface area contributed by atoms with Gasteiger partial charge < -0.3 is 46.9 Å². The first-order valence-electron chi connectivity index (χ1n) is 26.0. The summed E-state index contributed by atoms with van der Waals surface area (Å²) in [6.07, 6.45) is -0.790. The summed E-state index contributed by atoms with van der Waals surface area (Å²) < 4.78 is 18.4. The van der Waals surface area contributed by atoms with E-state index in [0.717, 1.165) is 11.1 Å². The molecule has 1 aliphatic heterocycles. The zero-order chi connectivity index (χ0) is 56.1. The van der Waals surface area contributed by atoms with Gasteiger partial charge in [0.05, 0.1) is 41.3 Å². The van der Waals surface area contributed by atoms with E-state index in [9.17, 15) is 29.2 Å². The van der Waals surface area contributed by atoms with Crippen molar-refractivity contribution in [2.75, 3.05) is 46.5 Å². The summed E-state index contributed by atoms with van der Waals surface area (Å²) >= 11 is 0. The highest BCUT2D eigenvalue weighted by atomic mass is 16.5. The van der Waals surface area contributed by atoms with Crippen molar-refractivity contribution in [3.63, 3.8) is 0 Å². The van der Waals surface area contributed by atoms with Gasteiger partial charge in [-0.1, -0.05) is 64.1 Å². The van der Waals surface area contributed by atoms with Gasteiger partial charge in [0, 0.05) is 74.3 Å². The van der Waals surface area contributed by atoms with Crippen molar-refractivity contribution in [2.45, 2.75) is 130 Å². The molecule has 4 bridgehead atoms. The van der Waals surface area contributed by atoms with Gasteiger partial charge in [-0.2, -0.15) is 5.26 Å². The molecule has 1 aliphatic rings. The monoisotopic (exact) mass is 1040 g/mol. The Labute approximate surface area is 447 Å². The predicted molar refractivity (Wildman–Crippen MR) is 290 cm³/mol. The normalized spacial score (nSPS) is 16.8. The molecule has 5 rings (SSSR count). The Kier molecular flexibility index (Phi) is 21.1. The molecule has 3 aromatic carbocycles. The Morgan fingerprint density at radius 1 is 0.855 bits per heavy atom. The Morgan fingerprint density at radius 2 is 1.46 bits per heavy atom. The third-order valence-corrected chi connectivity index (χ3v) is 13.2. The van der Waals surface area contributed by atoms with Crippen LogP contribution in [0.15, 0.2) is 60.7 Å². The van der Waals surface area contributed by atoms with E-state index >= 15 is 4.79 Å². The quantitative estimate of drug-likeness (QED) is 0.0645. The standard InChI is InChI=1S/C58H77N9O9/c1-34-28-48(70)52(39-16-20-50(75-27-25-62)43(31-39)42-29-37(13-19-49(42)74-26-24-61)30-44(65-54(34)71)46(68)12-11-22-59)67(10)56(73)40(21-23-60)32-47(69)45(33-76-58(7,8)9)66-55(72)51-35(2)63-53(64-36(51)3)38-14-17-41(18-15-38)57(4,5)6/h13-20,29,31,34,40,44-45,52H,11-12,21,23-28,30,32-33,60-62H2,1-10H3,(H,65,71)(H,66,72)/t34-,40-,44+,45+,52+/m1/s1. The smallest absolute Gasteiger partial charge is 0.255 e. The molecule has 408 valence electrons. The summed E-state index contributed by atoms with van der Waals surface area (Å²) in [5.41, 5.74) is 22.1. The van der Waals surface area contributed by atoms with Crippen LogP contribution in [0.25, 0.3) is 22.5 Å². The number of ether oxygens (including phenoxy) is 3. The predicted octanol–water partition coefficient (Wildman–Crippen LogP) is 5.95. The van der Waals surface area contributed by atoms with Gasteiger partial charge in [-0.05, 0) is 100 Å². The topological polar surface area (TPSA) is 285 Å². The van der Waals surface area contributed by atoms with E-state index < -0.39 is 64.9 Å². The highest BCUT2D eigenvalue weighted by Gasteiger charge is 2.38. The largest absolute Gasteiger partial charge is 0.492 e. The van der Waals surface area contributed by atoms with E-state index in [-0.39, 0.29) is 94.7 Å². The van der Waals surface area contributed by atoms with Gasteiger partial charge in [0.1, 0.15) is 36.8 Å². The molecule has 0 radical (unpaired) electrons. The summed E-state index contributed by atoms with van der Waals surface area (Å²) in [7, 11) is 1.46. The van der Waals surface area contributed by atoms with Crippen LogP contribution in [0.5, 0.6) is 11.5 Å². The molecule has 0 saturated carbocycles. The lowest BCUT2D eigenvalue weighted by atomic mass is 9.86. The number of amides is 3. The molecule has 18 nitrogen and oxygen atoms in total. The average Bonchev–Trinajstić information content (AvgIpc) is 3.36. The lowest BCUT2D eigenvalue weighted by Gasteiger charge is -2.32. The van der Waals surface area contributed by atoms with Crippen LogP contribution < -0.4 is 37.3 Å². The molecular weight excluding hydrogens is 967 g/mol. The fourth-order valence-electron chi connectivity index (χ4n) is 9.10. The number of nitrogens with one attached hydrogen (secondary N) is 2. The average molecular weight is 1040 g/mol. The van der Waals surface area contributed by atoms with Crippen molar-refractivity contribution in [3.05, 3.63) is 94.3 Å². The fourth-order valence-corrected chi connectivity index (χ4v) is 9.10. The highest BCUT2D eigenvalue weighted by molar-refractivity contribution is 6.01. The molecular formula is C58H77N9O9. The molecule has 8 N–H and O–H groups in total. The zero-order valence-electron chi connectivity index (χ0n) is 45.8. The number of fused-ring (bicyclic) bond motifs is 5. The number of ketones is 3. The Bertz CT molecular complexity index is 2750. The molecule has 1 aromatic heterocycles. The molecule has 0 aliphatic carbocycles. The van der Waals surface area contributed by atoms with E-state index in [1.165, 1.54) is 11.9 Å². The fraction of sp³-hybridized carbons (Fsp3) is 0.500. The summed E-state index contributed by atoms with van der Waals surface area (Å²) in [5.74, 6) is -3.96. The van der Waals surface area contributed by atoms with Crippen LogP contribution in [0.4, 0.5) is 0 Å². The van der Waals surface area contributed by atoms with Crippen LogP contribution in [0.1, 0.15) is 125 Å². The highest BCUT2D eigenvalue weighted by Crippen LogP contribution is 2.41. The number of hydrogen-bond donors (Lipinski definition) is 5. The van der Waals surface area contributed by atoms with Gasteiger partial charge >= 0.3 is 0 Å². The molecule has 0 saturated heterocycles. The Morgan fingerprint density at radius 3 is 2.03 bits per heavy atom. The number of carbonyl (C=O) groups is 6. The van der Waals surface area contributed by atoms with Crippen LogP contribution in [0, 0.1) is 37.0 Å². The molecule has 0 spiro atoms. The molecule has 18 heteroatoms. The van der Waals surface area contributed by atoms with Crippen molar-refractivity contribution in [1.82, 2.24) is 25.5 Å². The van der Waals surface area contributed by atoms with Crippen LogP contribution in [-0.4, -0.2) is 114 Å². The number of rotatable bonds is 21. The number of benzene rings is 3. The number of Topliss-reactive ketones (excluding diaryl/α,β-unsaturated/α-hetero) is 3. The van der Waals surface area contributed by atoms with Crippen LogP contribution in [-0.2, 0) is 40.5 Å². The molecule has 0 fully saturated rings. The van der Waals surface area contributed by atoms with Gasteiger partial charge in [0.25, 0.3) is 5.91 Å². The summed E-state index contributed by atoms with van der Waals surface area (Å²) in [5, 5.41) is 15.0. The molecule has 76 heavy (non-hydrogen) atoms. The minimum atomic E-state index is -1.32. The number of nitrogens with two attached hydrogens (primary N) is 3. The molecule has 3 amide bonds. The van der Waals surface area contributed by atoms with Gasteiger partial charge in [0.2, 0.25) is 11.8 Å². The third kappa shape index (κ3) is 15.8. The van der Waals surface area contributed by atoms with Crippen LogP contribution in [0.3, 0.4) is 0 Å². The number of likely N-dealkylation sites (N-methyl/N-ethyl adjacent to an activating group) is 1. The minimum absolute atomic E-state index is 0.00261. The second kappa shape index (κ2) is 26.7. The Hall–Kier alpha value is -6.91. The summed E-state index contributed by atoms with van der Waals surface area (Å²) in [6.45, 7) is 17.2. The van der Waals surface area contributed by atoms with Gasteiger partial charge in [-0.25, -0.2) is 9.97 Å². The van der Waals surface area contributed by atoms with Gasteiger partial charge in [-0.3, -0.25) is 28.8 Å². The SMILES string of the molecule is Cc1nc(-c2ccc(C(C)(C)C)cc2)nc(C)c1C(=O)N[C@@H](COC(C)(C)C)C(=O)C[C@@H](CCN)C(=O)N(C)[C@@H]1C(=O)C[C@@H](C)C(=O)N[C@H](C(=O)CCC#N)Cc2ccc(OCCN)c(c2)-c2cc1ccc2OCCN. The number of aryl methyl sites for hydroxylation is 2. The second-order valence-corrected chi connectivity index (χ2v) is 21.5. The van der Waals surface area contributed by atoms with E-state index in [4.69, 9.17) is 41.4 Å². The maximum absolute atomic E-state index is 15.1. The first-order valence-corrected chi connectivity index (χ1v) is 26.0. The number of hydrogen-bond acceptors (Lipinski definition) is 15. The molecule has 0 unspecified atom stereocenters. The number of nitriles is 1. The first kappa shape index (κ1) is 60.0. The lowest BCUT2D eigenvalue weighted by molar-refractivity contribution is -0.144. The number of nitrogens with zero attached hydrogens (tertiary/aromatic N) is 4. The van der Waals surface area contributed by atoms with E-state index in [2.05, 4.69) is 31.4 Å². The van der Waals surface area contributed by atoms with E-state index in [1.54, 1.807) is 57.2 Å². The number of aromatic nitrogens is 2. The van der Waals surface area contributed by atoms with E-state index in [1.807, 2.05) is 51.1 Å². The second-order valence-electron chi connectivity index (χ2n) is 21.5. The van der Waals surface area contributed by atoms with Gasteiger partial charge in [0.15, 0.2) is 23.2 Å².